The van der Waals surface area contributed by atoms with Crippen LogP contribution in [0.2, 0.25) is 0 Å². The van der Waals surface area contributed by atoms with E-state index in [1.165, 1.54) is 17.6 Å². The molecule has 7 atom stereocenters. The largest absolute Gasteiger partial charge is 0.393 e. The number of carbonyl (C=O) groups excluding carboxylic acids is 1. The molecule has 1 heterocycles. The van der Waals surface area contributed by atoms with E-state index in [9.17, 15) is 20.1 Å². The molecule has 1 aliphatic heterocycles. The van der Waals surface area contributed by atoms with E-state index < -0.39 is 17.8 Å². The van der Waals surface area contributed by atoms with E-state index in [0.29, 0.717) is 37.6 Å². The maximum atomic E-state index is 13.2. The number of aliphatic hydroxyl groups excluding tert-OH is 2. The summed E-state index contributed by atoms with van der Waals surface area (Å²) in [7, 11) is 0. The Morgan fingerprint density at radius 3 is 2.67 bits per heavy atom. The number of amides is 1. The van der Waals surface area contributed by atoms with Gasteiger partial charge in [0.15, 0.2) is 0 Å². The lowest BCUT2D eigenvalue weighted by Crippen LogP contribution is -2.41. The van der Waals surface area contributed by atoms with Crippen LogP contribution in [0.4, 0.5) is 0 Å². The van der Waals surface area contributed by atoms with Crippen molar-refractivity contribution in [2.75, 3.05) is 6.54 Å². The van der Waals surface area contributed by atoms with Crippen LogP contribution in [0.5, 0.6) is 0 Å². The van der Waals surface area contributed by atoms with E-state index in [1.54, 1.807) is 6.92 Å². The van der Waals surface area contributed by atoms with Gasteiger partial charge in [0, 0.05) is 25.4 Å². The summed E-state index contributed by atoms with van der Waals surface area (Å²) in [6, 6.07) is 10.5. The molecule has 5 heteroatoms. The SMILES string of the molecule is C=C1/C(=C\C=C2/CCC[C@]3(C)C(CC4CC(C)(O)C(=O)N4CCCc4ccccc4)CC[C@@H]23)C[C@@H](O)C[C@@H]1O. The molecule has 0 aromatic heterocycles. The highest BCUT2D eigenvalue weighted by molar-refractivity contribution is 5.87. The summed E-state index contributed by atoms with van der Waals surface area (Å²) >= 11 is 0. The number of hydrogen-bond donors (Lipinski definition) is 3. The number of benzene rings is 1. The fourth-order valence-electron chi connectivity index (χ4n) is 8.25. The van der Waals surface area contributed by atoms with Gasteiger partial charge >= 0.3 is 0 Å². The summed E-state index contributed by atoms with van der Waals surface area (Å²) in [6.45, 7) is 8.92. The van der Waals surface area contributed by atoms with Gasteiger partial charge in [0.2, 0.25) is 0 Å². The van der Waals surface area contributed by atoms with Crippen molar-refractivity contribution in [3.63, 3.8) is 0 Å². The lowest BCUT2D eigenvalue weighted by molar-refractivity contribution is -0.142. The molecule has 3 unspecified atom stereocenters. The number of allylic oxidation sites excluding steroid dienone is 3. The molecular weight excluding hydrogens is 486 g/mol. The molecule has 1 aromatic carbocycles. The number of fused-ring (bicyclic) bond motifs is 1. The number of likely N-dealkylation sites (tertiary alicyclic amines) is 1. The Balaban J connectivity index is 1.28. The van der Waals surface area contributed by atoms with Crippen LogP contribution in [0, 0.1) is 17.3 Å². The smallest absolute Gasteiger partial charge is 0.254 e. The molecule has 1 saturated heterocycles. The number of rotatable bonds is 7. The Hall–Kier alpha value is -2.21. The van der Waals surface area contributed by atoms with Gasteiger partial charge in [0.05, 0.1) is 12.2 Å². The first-order valence-corrected chi connectivity index (χ1v) is 15.1. The molecule has 5 rings (SSSR count). The summed E-state index contributed by atoms with van der Waals surface area (Å²) in [5, 5.41) is 31.3. The van der Waals surface area contributed by atoms with Gasteiger partial charge in [0.25, 0.3) is 5.91 Å². The van der Waals surface area contributed by atoms with E-state index in [4.69, 9.17) is 0 Å². The summed E-state index contributed by atoms with van der Waals surface area (Å²) in [4.78, 5) is 15.2. The number of carbonyl (C=O) groups is 1. The van der Waals surface area contributed by atoms with Crippen molar-refractivity contribution < 1.29 is 20.1 Å². The number of nitrogens with zero attached hydrogens (tertiary/aromatic N) is 1. The molecule has 212 valence electrons. The first-order chi connectivity index (χ1) is 18.6. The van der Waals surface area contributed by atoms with Crippen molar-refractivity contribution in [2.45, 2.75) is 108 Å². The van der Waals surface area contributed by atoms with Gasteiger partial charge in [-0.05, 0) is 98.7 Å². The zero-order valence-corrected chi connectivity index (χ0v) is 23.8. The highest BCUT2D eigenvalue weighted by Gasteiger charge is 2.53. The minimum Gasteiger partial charge on any atom is -0.393 e. The molecular formula is C34H47NO4. The van der Waals surface area contributed by atoms with E-state index in [-0.39, 0.29) is 17.4 Å². The molecule has 3 aliphatic carbocycles. The van der Waals surface area contributed by atoms with Crippen molar-refractivity contribution in [3.8, 4) is 0 Å². The van der Waals surface area contributed by atoms with Crippen molar-refractivity contribution in [3.05, 3.63) is 71.3 Å². The van der Waals surface area contributed by atoms with Crippen LogP contribution >= 0.6 is 0 Å². The van der Waals surface area contributed by atoms with Gasteiger partial charge in [-0.3, -0.25) is 4.79 Å². The van der Waals surface area contributed by atoms with E-state index in [1.807, 2.05) is 11.0 Å². The second kappa shape index (κ2) is 11.3. The number of hydrogen-bond acceptors (Lipinski definition) is 4. The van der Waals surface area contributed by atoms with Crippen molar-refractivity contribution >= 4 is 5.91 Å². The van der Waals surface area contributed by atoms with Crippen molar-refractivity contribution in [1.29, 1.82) is 0 Å². The summed E-state index contributed by atoms with van der Waals surface area (Å²) < 4.78 is 0. The van der Waals surface area contributed by atoms with E-state index >= 15 is 0 Å². The van der Waals surface area contributed by atoms with E-state index in [2.05, 4.69) is 49.9 Å². The first kappa shape index (κ1) is 28.3. The number of aliphatic hydroxyl groups is 3. The van der Waals surface area contributed by atoms with Gasteiger partial charge in [-0.15, -0.1) is 0 Å². The molecule has 4 fully saturated rings. The van der Waals surface area contributed by atoms with Gasteiger partial charge in [-0.2, -0.15) is 0 Å². The average molecular weight is 534 g/mol. The summed E-state index contributed by atoms with van der Waals surface area (Å²) in [6.07, 6.45) is 13.2. The molecule has 3 N–H and O–H groups in total. The van der Waals surface area contributed by atoms with Crippen LogP contribution in [-0.2, 0) is 11.2 Å². The second-order valence-electron chi connectivity index (χ2n) is 13.2. The monoisotopic (exact) mass is 533 g/mol. The Bertz CT molecular complexity index is 1120. The van der Waals surface area contributed by atoms with Crippen LogP contribution < -0.4 is 0 Å². The fourth-order valence-corrected chi connectivity index (χ4v) is 8.25. The quantitative estimate of drug-likeness (QED) is 0.432. The molecule has 0 spiro atoms. The topological polar surface area (TPSA) is 81.0 Å². The summed E-state index contributed by atoms with van der Waals surface area (Å²) in [5.41, 5.74) is 3.40. The normalized spacial score (nSPS) is 39.1. The van der Waals surface area contributed by atoms with Gasteiger partial charge < -0.3 is 20.2 Å². The molecule has 1 aromatic rings. The Kier molecular flexibility index (Phi) is 8.24. The third-order valence-electron chi connectivity index (χ3n) is 10.5. The lowest BCUT2D eigenvalue weighted by atomic mass is 9.62. The second-order valence-corrected chi connectivity index (χ2v) is 13.2. The van der Waals surface area contributed by atoms with Crippen LogP contribution in [0.3, 0.4) is 0 Å². The van der Waals surface area contributed by atoms with Crippen LogP contribution in [0.1, 0.15) is 83.6 Å². The maximum absolute atomic E-state index is 13.2. The predicted octanol–water partition coefficient (Wildman–Crippen LogP) is 5.50. The molecule has 0 bridgehead atoms. The van der Waals surface area contributed by atoms with Crippen molar-refractivity contribution in [1.82, 2.24) is 4.90 Å². The molecule has 5 nitrogen and oxygen atoms in total. The summed E-state index contributed by atoms with van der Waals surface area (Å²) in [5.74, 6) is 0.938. The van der Waals surface area contributed by atoms with Gasteiger partial charge in [0.1, 0.15) is 5.60 Å². The molecule has 1 amide bonds. The molecule has 0 radical (unpaired) electrons. The predicted molar refractivity (Wildman–Crippen MR) is 155 cm³/mol. The first-order valence-electron chi connectivity index (χ1n) is 15.1. The van der Waals surface area contributed by atoms with Gasteiger partial charge in [-0.1, -0.05) is 61.6 Å². The lowest BCUT2D eigenvalue weighted by Gasteiger charge is -2.43. The third kappa shape index (κ3) is 5.82. The van der Waals surface area contributed by atoms with Crippen LogP contribution in [0.25, 0.3) is 0 Å². The third-order valence-corrected chi connectivity index (χ3v) is 10.5. The average Bonchev–Trinajstić information content (AvgIpc) is 3.34. The van der Waals surface area contributed by atoms with Crippen LogP contribution in [0.15, 0.2) is 65.8 Å². The molecule has 39 heavy (non-hydrogen) atoms. The Morgan fingerprint density at radius 2 is 1.90 bits per heavy atom. The highest BCUT2D eigenvalue weighted by atomic mass is 16.3. The van der Waals surface area contributed by atoms with Gasteiger partial charge in [-0.25, -0.2) is 0 Å². The number of aryl methyl sites for hydroxylation is 1. The molecule has 3 saturated carbocycles. The Labute approximate surface area is 234 Å². The maximum Gasteiger partial charge on any atom is 0.254 e. The Morgan fingerprint density at radius 1 is 1.13 bits per heavy atom. The zero-order chi connectivity index (χ0) is 27.8. The standard InChI is InChI=1S/C34H47NO4/c1-23-26(19-29(36)21-31(23)37)14-13-25-12-7-17-33(2)27(15-16-30(25)33)20-28-22-34(3,39)32(38)35(28)18-8-11-24-9-5-4-6-10-24/h4-6,9-10,13-14,27-31,36-37,39H,1,7-8,11-12,15-22H2,2-3H3/b25-13+,26-14-/t27?,28?,29-,30+,31+,33-,34?/m1/s1. The van der Waals surface area contributed by atoms with Crippen molar-refractivity contribution in [2.24, 2.45) is 17.3 Å². The fraction of sp³-hybridized carbons (Fsp3) is 0.618. The zero-order valence-electron chi connectivity index (χ0n) is 23.8. The minimum atomic E-state index is -1.27. The highest BCUT2D eigenvalue weighted by Crippen LogP contribution is 2.59. The van der Waals surface area contributed by atoms with Crippen LogP contribution in [-0.4, -0.2) is 56.5 Å². The van der Waals surface area contributed by atoms with E-state index in [0.717, 1.165) is 56.1 Å². The minimum absolute atomic E-state index is 0.0915. The molecule has 4 aliphatic rings.